The molecule has 0 N–H and O–H groups in total. The molecule has 0 saturated carbocycles. The lowest BCUT2D eigenvalue weighted by atomic mass is 9.33. The second kappa shape index (κ2) is 15.6. The number of aryl methyl sites for hydroxylation is 1. The Kier molecular flexibility index (Phi) is 10.2. The van der Waals surface area contributed by atoms with Gasteiger partial charge in [0.15, 0.2) is 0 Å². The molecule has 7 aromatic carbocycles. The predicted octanol–water partition coefficient (Wildman–Crippen LogP) is 17.0. The molecule has 9 aromatic rings. The summed E-state index contributed by atoms with van der Waals surface area (Å²) in [5.74, 6) is 0. The minimum Gasteiger partial charge on any atom is -0.311 e. The number of benzene rings is 7. The Balaban J connectivity index is 1.26. The zero-order chi connectivity index (χ0) is 47.8. The van der Waals surface area contributed by atoms with E-state index in [4.69, 9.17) is 0 Å². The summed E-state index contributed by atoms with van der Waals surface area (Å²) < 4.78 is 2.62. The van der Waals surface area contributed by atoms with Crippen molar-refractivity contribution < 1.29 is 0 Å². The van der Waals surface area contributed by atoms with Gasteiger partial charge in [-0.25, -0.2) is 0 Å². The highest BCUT2D eigenvalue weighted by Gasteiger charge is 2.45. The number of rotatable bonds is 4. The SMILES string of the molecule is Cc1cc2c3c(c1)N(c1ccc(C(C)(C)C)cc1-c1cc4ccccc4s1)c1ccc(C(C)(C)C)cc1B3c1cc(C(C)(C)C)ccc1N2c1ccc(C(C)(C)C)cc1-c1cc2ccccc2s1. The number of nitrogens with zero attached hydrogens (tertiary/aromatic N) is 2. The highest BCUT2D eigenvalue weighted by molar-refractivity contribution is 7.22. The van der Waals surface area contributed by atoms with E-state index in [-0.39, 0.29) is 28.4 Å². The molecule has 2 aromatic heterocycles. The zero-order valence-electron chi connectivity index (χ0n) is 42.1. The first kappa shape index (κ1) is 44.6. The maximum Gasteiger partial charge on any atom is 0.252 e. The van der Waals surface area contributed by atoms with Gasteiger partial charge in [0.2, 0.25) is 0 Å². The van der Waals surface area contributed by atoms with Crippen molar-refractivity contribution in [1.82, 2.24) is 0 Å². The summed E-state index contributed by atoms with van der Waals surface area (Å²) in [6.07, 6.45) is 0. The summed E-state index contributed by atoms with van der Waals surface area (Å²) in [6.45, 7) is 30.4. The molecule has 0 atom stereocenters. The number of hydrogen-bond donors (Lipinski definition) is 0. The zero-order valence-corrected chi connectivity index (χ0v) is 43.8. The summed E-state index contributed by atoms with van der Waals surface area (Å²) in [5, 5.41) is 2.57. The molecule has 5 heteroatoms. The molecule has 2 aliphatic rings. The summed E-state index contributed by atoms with van der Waals surface area (Å²) in [7, 11) is 0. The van der Waals surface area contributed by atoms with E-state index in [1.54, 1.807) is 0 Å². The van der Waals surface area contributed by atoms with Crippen molar-refractivity contribution in [2.75, 3.05) is 9.80 Å². The molecular formula is C63H63BN2S2. The smallest absolute Gasteiger partial charge is 0.252 e. The predicted molar refractivity (Wildman–Crippen MR) is 302 cm³/mol. The summed E-state index contributed by atoms with van der Waals surface area (Å²) in [6, 6.07) is 56.9. The van der Waals surface area contributed by atoms with E-state index >= 15 is 0 Å². The van der Waals surface area contributed by atoms with Gasteiger partial charge in [0, 0.05) is 53.0 Å². The Morgan fingerprint density at radius 3 is 1.09 bits per heavy atom. The first-order chi connectivity index (χ1) is 32.1. The molecule has 0 aliphatic carbocycles. The number of fused-ring (bicyclic) bond motifs is 6. The molecule has 0 bridgehead atoms. The first-order valence-corrected chi connectivity index (χ1v) is 26.1. The lowest BCUT2D eigenvalue weighted by Gasteiger charge is -2.45. The van der Waals surface area contributed by atoms with Crippen LogP contribution in [0.4, 0.5) is 34.1 Å². The maximum atomic E-state index is 2.64. The van der Waals surface area contributed by atoms with Crippen LogP contribution in [-0.4, -0.2) is 6.71 Å². The maximum absolute atomic E-state index is 2.64. The Bertz CT molecular complexity index is 3190. The number of thiophene rings is 2. The third-order valence-electron chi connectivity index (χ3n) is 14.5. The molecule has 68 heavy (non-hydrogen) atoms. The molecule has 0 fully saturated rings. The van der Waals surface area contributed by atoms with Gasteiger partial charge in [0.1, 0.15) is 0 Å². The van der Waals surface area contributed by atoms with Gasteiger partial charge < -0.3 is 9.80 Å². The van der Waals surface area contributed by atoms with E-state index in [0.717, 1.165) is 0 Å². The van der Waals surface area contributed by atoms with Gasteiger partial charge in [-0.1, -0.05) is 156 Å². The van der Waals surface area contributed by atoms with Crippen molar-refractivity contribution in [2.45, 2.75) is 112 Å². The second-order valence-electron chi connectivity index (χ2n) is 23.6. The highest BCUT2D eigenvalue weighted by Crippen LogP contribution is 2.52. The van der Waals surface area contributed by atoms with Crippen molar-refractivity contribution in [3.8, 4) is 20.9 Å². The number of hydrogen-bond acceptors (Lipinski definition) is 4. The van der Waals surface area contributed by atoms with Crippen LogP contribution in [0, 0.1) is 6.92 Å². The lowest BCUT2D eigenvalue weighted by Crippen LogP contribution is -2.61. The van der Waals surface area contributed by atoms with Crippen LogP contribution in [0.2, 0.25) is 0 Å². The van der Waals surface area contributed by atoms with Crippen LogP contribution >= 0.6 is 22.7 Å². The molecule has 0 spiro atoms. The van der Waals surface area contributed by atoms with E-state index < -0.39 is 0 Å². The van der Waals surface area contributed by atoms with E-state index in [0.29, 0.717) is 0 Å². The lowest BCUT2D eigenvalue weighted by molar-refractivity contribution is 0.590. The fourth-order valence-corrected chi connectivity index (χ4v) is 12.8. The Morgan fingerprint density at radius 1 is 0.368 bits per heavy atom. The van der Waals surface area contributed by atoms with Crippen LogP contribution in [0.1, 0.15) is 111 Å². The van der Waals surface area contributed by atoms with Crippen molar-refractivity contribution in [3.05, 3.63) is 173 Å². The fourth-order valence-electron chi connectivity index (χ4n) is 10.6. The average molecular weight is 923 g/mol. The average Bonchev–Trinajstić information content (AvgIpc) is 3.92. The monoisotopic (exact) mass is 922 g/mol. The van der Waals surface area contributed by atoms with E-state index in [2.05, 4.69) is 245 Å². The van der Waals surface area contributed by atoms with Crippen LogP contribution in [0.5, 0.6) is 0 Å². The first-order valence-electron chi connectivity index (χ1n) is 24.4. The molecule has 4 heterocycles. The quantitative estimate of drug-likeness (QED) is 0.162. The number of anilines is 6. The van der Waals surface area contributed by atoms with Gasteiger partial charge >= 0.3 is 0 Å². The Labute approximate surface area is 413 Å². The molecule has 0 saturated heterocycles. The van der Waals surface area contributed by atoms with E-state index in [1.807, 2.05) is 22.7 Å². The molecule has 2 nitrogen and oxygen atoms in total. The van der Waals surface area contributed by atoms with Gasteiger partial charge in [-0.2, -0.15) is 0 Å². The van der Waals surface area contributed by atoms with Gasteiger partial charge in [-0.05, 0) is 156 Å². The molecule has 0 amide bonds. The van der Waals surface area contributed by atoms with E-state index in [9.17, 15) is 0 Å². The van der Waals surface area contributed by atoms with Crippen LogP contribution in [-0.2, 0) is 21.7 Å². The van der Waals surface area contributed by atoms with Crippen LogP contribution < -0.4 is 26.2 Å². The minimum absolute atomic E-state index is 0.00551. The highest BCUT2D eigenvalue weighted by atomic mass is 32.1. The molecule has 2 aliphatic heterocycles. The van der Waals surface area contributed by atoms with Crippen LogP contribution in [0.15, 0.2) is 146 Å². The summed E-state index contributed by atoms with van der Waals surface area (Å²) in [5.41, 5.74) is 20.5. The Hall–Kier alpha value is -5.88. The third kappa shape index (κ3) is 7.44. The van der Waals surface area contributed by atoms with Gasteiger partial charge in [0.05, 0.1) is 11.4 Å². The van der Waals surface area contributed by atoms with E-state index in [1.165, 1.54) is 119 Å². The van der Waals surface area contributed by atoms with Crippen LogP contribution in [0.3, 0.4) is 0 Å². The van der Waals surface area contributed by atoms with Crippen molar-refractivity contribution in [2.24, 2.45) is 0 Å². The third-order valence-corrected chi connectivity index (χ3v) is 16.8. The van der Waals surface area contributed by atoms with Gasteiger partial charge in [-0.3, -0.25) is 0 Å². The van der Waals surface area contributed by atoms with Crippen molar-refractivity contribution in [3.63, 3.8) is 0 Å². The van der Waals surface area contributed by atoms with Gasteiger partial charge in [-0.15, -0.1) is 22.7 Å². The standard InChI is InChI=1S/C63H63BN2S2/c1-38-30-53-59-54(31-38)66(50-27-23-42(61(5,6)7)35-46(50)58-33-40-19-15-17-21-56(40)68-58)52-29-25-44(63(11,12)13)37-48(52)64(59)47-36-43(62(8,9)10)24-28-51(47)65(53)49-26-22-41(60(2,3)4)34-45(49)57-32-39-18-14-16-20-55(39)67-57/h14-37H,1-13H3. The molecule has 11 rings (SSSR count). The molecule has 0 unspecified atom stereocenters. The van der Waals surface area contributed by atoms with Crippen molar-refractivity contribution in [1.29, 1.82) is 0 Å². The summed E-state index contributed by atoms with van der Waals surface area (Å²) in [4.78, 5) is 7.86. The second-order valence-corrected chi connectivity index (χ2v) is 25.8. The topological polar surface area (TPSA) is 6.48 Å². The van der Waals surface area contributed by atoms with Gasteiger partial charge in [0.25, 0.3) is 6.71 Å². The molecule has 340 valence electrons. The largest absolute Gasteiger partial charge is 0.311 e. The van der Waals surface area contributed by atoms with Crippen LogP contribution in [0.25, 0.3) is 41.1 Å². The molecule has 0 radical (unpaired) electrons. The fraction of sp³-hybridized carbons (Fsp3) is 0.270. The summed E-state index contributed by atoms with van der Waals surface area (Å²) >= 11 is 3.80. The molecular weight excluding hydrogens is 860 g/mol. The normalized spacial score (nSPS) is 13.9. The minimum atomic E-state index is -0.0441. The van der Waals surface area contributed by atoms with Crippen molar-refractivity contribution >= 4 is 100 Å². The Morgan fingerprint density at radius 2 is 0.721 bits per heavy atom.